The molecule has 0 saturated heterocycles. The van der Waals surface area contributed by atoms with Crippen LogP contribution in [0.5, 0.6) is 0 Å². The first kappa shape index (κ1) is 20.3. The van der Waals surface area contributed by atoms with E-state index >= 15 is 0 Å². The number of halogens is 1. The highest BCUT2D eigenvalue weighted by Crippen LogP contribution is 2.21. The maximum Gasteiger partial charge on any atom is 0.196 e. The number of rotatable bonds is 13. The lowest BCUT2D eigenvalue weighted by atomic mass is 9.88. The summed E-state index contributed by atoms with van der Waals surface area (Å²) in [5, 5.41) is 20.2. The normalized spacial score (nSPS) is 13.7. The average Bonchev–Trinajstić information content (AvgIpc) is 2.58. The van der Waals surface area contributed by atoms with Crippen molar-refractivity contribution < 1.29 is 24.5 Å². The molecule has 23 heavy (non-hydrogen) atoms. The highest BCUT2D eigenvalue weighted by atomic mass is 79.9. The fraction of sp³-hybridized carbons (Fsp3) is 0.588. The van der Waals surface area contributed by atoms with Crippen molar-refractivity contribution in [2.75, 3.05) is 38.4 Å². The SMILES string of the molecule is O=C(c1ccccc1)C(O)(CCCCBr)COCCOCCO. The third-order valence-electron chi connectivity index (χ3n) is 3.38. The van der Waals surface area contributed by atoms with Gasteiger partial charge in [0.15, 0.2) is 11.4 Å². The lowest BCUT2D eigenvalue weighted by molar-refractivity contribution is -0.0470. The van der Waals surface area contributed by atoms with Gasteiger partial charge in [-0.05, 0) is 19.3 Å². The molecule has 2 N–H and O–H groups in total. The number of aliphatic hydroxyl groups excluding tert-OH is 1. The molecule has 0 aliphatic heterocycles. The van der Waals surface area contributed by atoms with Gasteiger partial charge in [-0.25, -0.2) is 0 Å². The molecule has 0 radical (unpaired) electrons. The van der Waals surface area contributed by atoms with Crippen LogP contribution in [0.4, 0.5) is 0 Å². The second-order valence-corrected chi connectivity index (χ2v) is 6.05. The van der Waals surface area contributed by atoms with Gasteiger partial charge in [-0.3, -0.25) is 4.79 Å². The molecule has 0 bridgehead atoms. The van der Waals surface area contributed by atoms with Gasteiger partial charge in [-0.15, -0.1) is 0 Å². The predicted molar refractivity (Wildman–Crippen MR) is 92.1 cm³/mol. The summed E-state index contributed by atoms with van der Waals surface area (Å²) in [6.45, 7) is 0.733. The highest BCUT2D eigenvalue weighted by Gasteiger charge is 2.36. The van der Waals surface area contributed by atoms with E-state index in [2.05, 4.69) is 15.9 Å². The Bertz CT molecular complexity index is 440. The van der Waals surface area contributed by atoms with E-state index in [0.29, 0.717) is 18.6 Å². The molecular formula is C17H25BrO5. The van der Waals surface area contributed by atoms with Crippen LogP contribution in [0, 0.1) is 0 Å². The molecule has 5 nitrogen and oxygen atoms in total. The number of benzene rings is 1. The van der Waals surface area contributed by atoms with E-state index in [4.69, 9.17) is 14.6 Å². The number of hydrogen-bond donors (Lipinski definition) is 2. The third kappa shape index (κ3) is 7.54. The number of aliphatic hydroxyl groups is 2. The van der Waals surface area contributed by atoms with Crippen LogP contribution in [-0.4, -0.2) is 60.0 Å². The maximum atomic E-state index is 12.6. The minimum atomic E-state index is -1.53. The molecule has 1 atom stereocenters. The van der Waals surface area contributed by atoms with Crippen LogP contribution in [0.3, 0.4) is 0 Å². The third-order valence-corrected chi connectivity index (χ3v) is 3.94. The Morgan fingerprint density at radius 1 is 1.09 bits per heavy atom. The van der Waals surface area contributed by atoms with E-state index in [1.165, 1.54) is 0 Å². The van der Waals surface area contributed by atoms with Crippen LogP contribution >= 0.6 is 15.9 Å². The first-order valence-electron chi connectivity index (χ1n) is 7.78. The van der Waals surface area contributed by atoms with Crippen molar-refractivity contribution in [3.05, 3.63) is 35.9 Å². The zero-order chi connectivity index (χ0) is 17.0. The average molecular weight is 389 g/mol. The Morgan fingerprint density at radius 2 is 1.78 bits per heavy atom. The molecule has 0 fully saturated rings. The molecule has 1 unspecified atom stereocenters. The zero-order valence-electron chi connectivity index (χ0n) is 13.2. The summed E-state index contributed by atoms with van der Waals surface area (Å²) in [6, 6.07) is 8.77. The van der Waals surface area contributed by atoms with Gasteiger partial charge < -0.3 is 19.7 Å². The van der Waals surface area contributed by atoms with Crippen molar-refractivity contribution >= 4 is 21.7 Å². The van der Waals surface area contributed by atoms with Gasteiger partial charge in [0.25, 0.3) is 0 Å². The lowest BCUT2D eigenvalue weighted by Crippen LogP contribution is -2.43. The topological polar surface area (TPSA) is 76.0 Å². The minimum Gasteiger partial charge on any atom is -0.394 e. The van der Waals surface area contributed by atoms with Crippen molar-refractivity contribution in [1.82, 2.24) is 0 Å². The van der Waals surface area contributed by atoms with Gasteiger partial charge in [0, 0.05) is 10.9 Å². The summed E-state index contributed by atoms with van der Waals surface area (Å²) in [6.07, 6.45) is 1.96. The number of alkyl halides is 1. The molecule has 130 valence electrons. The van der Waals surface area contributed by atoms with Crippen LogP contribution < -0.4 is 0 Å². The van der Waals surface area contributed by atoms with Crippen molar-refractivity contribution in [2.45, 2.75) is 24.9 Å². The maximum absolute atomic E-state index is 12.6. The Hall–Kier alpha value is -0.790. The molecule has 1 rings (SSSR count). The van der Waals surface area contributed by atoms with E-state index in [-0.39, 0.29) is 32.2 Å². The molecular weight excluding hydrogens is 364 g/mol. The number of carbonyl (C=O) groups excluding carboxylic acids is 1. The molecule has 0 heterocycles. The molecule has 0 aromatic heterocycles. The van der Waals surface area contributed by atoms with Gasteiger partial charge in [0.2, 0.25) is 0 Å². The Labute approximate surface area is 145 Å². The van der Waals surface area contributed by atoms with E-state index in [0.717, 1.165) is 18.2 Å². The minimum absolute atomic E-state index is 0.0387. The number of hydrogen-bond acceptors (Lipinski definition) is 5. The van der Waals surface area contributed by atoms with Crippen LogP contribution in [-0.2, 0) is 9.47 Å². The zero-order valence-corrected chi connectivity index (χ0v) is 14.8. The summed E-state index contributed by atoms with van der Waals surface area (Å²) < 4.78 is 10.5. The second kappa shape index (κ2) is 11.7. The van der Waals surface area contributed by atoms with E-state index < -0.39 is 5.60 Å². The van der Waals surface area contributed by atoms with Gasteiger partial charge >= 0.3 is 0 Å². The number of carbonyl (C=O) groups is 1. The first-order chi connectivity index (χ1) is 11.1. The van der Waals surface area contributed by atoms with Crippen molar-refractivity contribution in [3.63, 3.8) is 0 Å². The van der Waals surface area contributed by atoms with Crippen LogP contribution in [0.15, 0.2) is 30.3 Å². The largest absolute Gasteiger partial charge is 0.394 e. The Kier molecular flexibility index (Phi) is 10.3. The van der Waals surface area contributed by atoms with Crippen molar-refractivity contribution in [3.8, 4) is 0 Å². The summed E-state index contributed by atoms with van der Waals surface area (Å²) in [4.78, 5) is 12.6. The molecule has 1 aromatic rings. The Balaban J connectivity index is 2.60. The quantitative estimate of drug-likeness (QED) is 0.307. The van der Waals surface area contributed by atoms with Crippen LogP contribution in [0.25, 0.3) is 0 Å². The van der Waals surface area contributed by atoms with Crippen LogP contribution in [0.2, 0.25) is 0 Å². The Morgan fingerprint density at radius 3 is 2.43 bits per heavy atom. The fourth-order valence-electron chi connectivity index (χ4n) is 2.15. The van der Waals surface area contributed by atoms with Crippen molar-refractivity contribution in [1.29, 1.82) is 0 Å². The summed E-state index contributed by atoms with van der Waals surface area (Å²) in [7, 11) is 0. The molecule has 0 aliphatic rings. The van der Waals surface area contributed by atoms with E-state index in [9.17, 15) is 9.90 Å². The first-order valence-corrected chi connectivity index (χ1v) is 8.91. The second-order valence-electron chi connectivity index (χ2n) is 5.26. The molecule has 6 heteroatoms. The smallest absolute Gasteiger partial charge is 0.196 e. The summed E-state index contributed by atoms with van der Waals surface area (Å²) in [5.41, 5.74) is -1.05. The number of Topliss-reactive ketones (excluding diaryl/α,β-unsaturated/α-hetero) is 1. The lowest BCUT2D eigenvalue weighted by Gasteiger charge is -2.26. The van der Waals surface area contributed by atoms with Crippen molar-refractivity contribution in [2.24, 2.45) is 0 Å². The highest BCUT2D eigenvalue weighted by molar-refractivity contribution is 9.09. The standard InChI is InChI=1S/C17H25BrO5/c18-9-5-4-8-17(21,14-23-13-12-22-11-10-19)16(20)15-6-2-1-3-7-15/h1-3,6-7,19,21H,4-5,8-14H2. The molecule has 0 aliphatic carbocycles. The monoisotopic (exact) mass is 388 g/mol. The molecule has 1 aromatic carbocycles. The predicted octanol–water partition coefficient (Wildman–Crippen LogP) is 2.19. The summed E-state index contributed by atoms with van der Waals surface area (Å²) >= 11 is 3.35. The van der Waals surface area contributed by atoms with E-state index in [1.807, 2.05) is 6.07 Å². The van der Waals surface area contributed by atoms with Gasteiger partial charge in [0.05, 0.1) is 33.0 Å². The van der Waals surface area contributed by atoms with Gasteiger partial charge in [-0.2, -0.15) is 0 Å². The fourth-order valence-corrected chi connectivity index (χ4v) is 2.54. The molecule has 0 saturated carbocycles. The van der Waals surface area contributed by atoms with Gasteiger partial charge in [-0.1, -0.05) is 46.3 Å². The molecule has 0 amide bonds. The van der Waals surface area contributed by atoms with E-state index in [1.54, 1.807) is 24.3 Å². The van der Waals surface area contributed by atoms with Crippen LogP contribution in [0.1, 0.15) is 29.6 Å². The molecule has 0 spiro atoms. The summed E-state index contributed by atoms with van der Waals surface area (Å²) in [5.74, 6) is -0.316. The number of ketones is 1. The number of ether oxygens (including phenoxy) is 2. The van der Waals surface area contributed by atoms with Gasteiger partial charge in [0.1, 0.15) is 0 Å². The number of unbranched alkanes of at least 4 members (excludes halogenated alkanes) is 1.